The van der Waals surface area contributed by atoms with Gasteiger partial charge in [0.2, 0.25) is 5.91 Å². The number of nitrogens with one attached hydrogen (secondary N) is 1. The van der Waals surface area contributed by atoms with Crippen molar-refractivity contribution in [1.82, 2.24) is 4.98 Å². The second kappa shape index (κ2) is 4.43. The number of carbonyl (C=O) groups excluding carboxylic acids is 2. The molecule has 1 N–H and O–H groups in total. The molecule has 0 bridgehead atoms. The average Bonchev–Trinajstić information content (AvgIpc) is 2.16. The van der Waals surface area contributed by atoms with E-state index in [4.69, 9.17) is 0 Å². The monoisotopic (exact) mass is 220 g/mol. The molecule has 0 unspecified atom stereocenters. The van der Waals surface area contributed by atoms with E-state index in [0.29, 0.717) is 17.7 Å². The molecule has 1 aromatic rings. The summed E-state index contributed by atoms with van der Waals surface area (Å²) in [6.45, 7) is 7.22. The van der Waals surface area contributed by atoms with E-state index in [1.54, 1.807) is 39.8 Å². The minimum atomic E-state index is -0.508. The van der Waals surface area contributed by atoms with Crippen molar-refractivity contribution in [3.05, 3.63) is 23.4 Å². The first-order valence-electron chi connectivity index (χ1n) is 5.09. The van der Waals surface area contributed by atoms with Crippen LogP contribution in [-0.2, 0) is 4.79 Å². The summed E-state index contributed by atoms with van der Waals surface area (Å²) in [5.41, 5.74) is 0.643. The summed E-state index contributed by atoms with van der Waals surface area (Å²) in [6.07, 6.45) is 0.685. The highest BCUT2D eigenvalue weighted by Crippen LogP contribution is 2.18. The molecule has 1 aromatic heterocycles. The van der Waals surface area contributed by atoms with Gasteiger partial charge in [-0.05, 0) is 19.1 Å². The van der Waals surface area contributed by atoms with Crippen LogP contribution in [0.2, 0.25) is 0 Å². The Kier molecular flexibility index (Phi) is 3.42. The van der Waals surface area contributed by atoms with Crippen molar-refractivity contribution in [2.45, 2.75) is 27.7 Å². The molecule has 0 fully saturated rings. The molecule has 1 rings (SSSR count). The first kappa shape index (κ1) is 12.4. The number of aryl methyl sites for hydroxylation is 1. The molecule has 0 aromatic carbocycles. The van der Waals surface area contributed by atoms with Gasteiger partial charge in [0, 0.05) is 11.1 Å². The first-order valence-corrected chi connectivity index (χ1v) is 5.09. The number of rotatable bonds is 2. The third kappa shape index (κ3) is 2.89. The molecule has 0 aliphatic heterocycles. The van der Waals surface area contributed by atoms with Crippen LogP contribution < -0.4 is 5.32 Å². The summed E-state index contributed by atoms with van der Waals surface area (Å²) in [4.78, 5) is 26.7. The smallest absolute Gasteiger partial charge is 0.230 e. The Balaban J connectivity index is 3.00. The normalized spacial score (nSPS) is 11.0. The van der Waals surface area contributed by atoms with Crippen molar-refractivity contribution in [2.24, 2.45) is 5.41 Å². The molecule has 16 heavy (non-hydrogen) atoms. The molecule has 0 spiro atoms. The van der Waals surface area contributed by atoms with E-state index in [1.165, 1.54) is 0 Å². The van der Waals surface area contributed by atoms with Gasteiger partial charge < -0.3 is 5.32 Å². The van der Waals surface area contributed by atoms with Gasteiger partial charge in [-0.1, -0.05) is 20.8 Å². The lowest BCUT2D eigenvalue weighted by molar-refractivity contribution is -0.123. The van der Waals surface area contributed by atoms with Crippen molar-refractivity contribution in [3.63, 3.8) is 0 Å². The SMILES string of the molecule is Cc1ccc(C=O)c(NC(=O)C(C)(C)C)n1. The average molecular weight is 220 g/mol. The van der Waals surface area contributed by atoms with E-state index >= 15 is 0 Å². The lowest BCUT2D eigenvalue weighted by Gasteiger charge is -2.18. The van der Waals surface area contributed by atoms with Gasteiger partial charge in [-0.3, -0.25) is 9.59 Å². The molecule has 0 saturated carbocycles. The molecule has 0 aliphatic rings. The van der Waals surface area contributed by atoms with E-state index in [1.807, 2.05) is 0 Å². The second-order valence-corrected chi connectivity index (χ2v) is 4.71. The third-order valence-corrected chi connectivity index (χ3v) is 2.11. The van der Waals surface area contributed by atoms with Crippen molar-refractivity contribution in [3.8, 4) is 0 Å². The van der Waals surface area contributed by atoms with Crippen molar-refractivity contribution in [1.29, 1.82) is 0 Å². The number of pyridine rings is 1. The summed E-state index contributed by atoms with van der Waals surface area (Å²) in [7, 11) is 0. The molecule has 0 saturated heterocycles. The molecule has 86 valence electrons. The van der Waals surface area contributed by atoms with E-state index in [-0.39, 0.29) is 5.91 Å². The summed E-state index contributed by atoms with van der Waals surface area (Å²) in [5.74, 6) is 0.170. The lowest BCUT2D eigenvalue weighted by atomic mass is 9.95. The van der Waals surface area contributed by atoms with E-state index in [9.17, 15) is 9.59 Å². The minimum Gasteiger partial charge on any atom is -0.310 e. The highest BCUT2D eigenvalue weighted by atomic mass is 16.2. The zero-order chi connectivity index (χ0) is 12.3. The predicted octanol–water partition coefficient (Wildman–Crippen LogP) is 2.19. The van der Waals surface area contributed by atoms with Gasteiger partial charge in [-0.2, -0.15) is 0 Å². The predicted molar refractivity (Wildman–Crippen MR) is 62.4 cm³/mol. The van der Waals surface area contributed by atoms with Gasteiger partial charge in [-0.15, -0.1) is 0 Å². The van der Waals surface area contributed by atoms with E-state index in [0.717, 1.165) is 5.69 Å². The third-order valence-electron chi connectivity index (χ3n) is 2.11. The summed E-state index contributed by atoms with van der Waals surface area (Å²) in [6, 6.07) is 3.38. The van der Waals surface area contributed by atoms with Crippen LogP contribution in [-0.4, -0.2) is 17.2 Å². The largest absolute Gasteiger partial charge is 0.310 e. The second-order valence-electron chi connectivity index (χ2n) is 4.71. The molecule has 0 radical (unpaired) electrons. The maximum absolute atomic E-state index is 11.7. The van der Waals surface area contributed by atoms with Gasteiger partial charge in [-0.25, -0.2) is 4.98 Å². The van der Waals surface area contributed by atoms with Crippen LogP contribution in [0.4, 0.5) is 5.82 Å². The van der Waals surface area contributed by atoms with Crippen molar-refractivity contribution in [2.75, 3.05) is 5.32 Å². The molecule has 4 heteroatoms. The number of aldehydes is 1. The molecular formula is C12H16N2O2. The molecule has 1 amide bonds. The van der Waals surface area contributed by atoms with Gasteiger partial charge >= 0.3 is 0 Å². The van der Waals surface area contributed by atoms with Gasteiger partial charge in [0.25, 0.3) is 0 Å². The van der Waals surface area contributed by atoms with Gasteiger partial charge in [0.1, 0.15) is 5.82 Å². The number of anilines is 1. The number of hydrogen-bond acceptors (Lipinski definition) is 3. The Bertz CT molecular complexity index is 420. The van der Waals surface area contributed by atoms with E-state index in [2.05, 4.69) is 10.3 Å². The highest BCUT2D eigenvalue weighted by molar-refractivity contribution is 5.97. The number of hydrogen-bond donors (Lipinski definition) is 1. The van der Waals surface area contributed by atoms with Gasteiger partial charge in [0.05, 0.1) is 5.56 Å². The Morgan fingerprint density at radius 1 is 1.38 bits per heavy atom. The first-order chi connectivity index (χ1) is 7.34. The Hall–Kier alpha value is -1.71. The molecule has 0 atom stereocenters. The van der Waals surface area contributed by atoms with Crippen LogP contribution in [0.25, 0.3) is 0 Å². The minimum absolute atomic E-state index is 0.159. The molecular weight excluding hydrogens is 204 g/mol. The Morgan fingerprint density at radius 3 is 2.50 bits per heavy atom. The Labute approximate surface area is 95.1 Å². The maximum atomic E-state index is 11.7. The van der Waals surface area contributed by atoms with Gasteiger partial charge in [0.15, 0.2) is 6.29 Å². The Morgan fingerprint density at radius 2 is 2.00 bits per heavy atom. The fourth-order valence-corrected chi connectivity index (χ4v) is 1.06. The summed E-state index contributed by atoms with van der Waals surface area (Å²) in [5, 5.41) is 2.66. The number of carbonyl (C=O) groups is 2. The standard InChI is InChI=1S/C12H16N2O2/c1-8-5-6-9(7-15)10(13-8)14-11(16)12(2,3)4/h5-7H,1-4H3,(H,13,14,16). The fraction of sp³-hybridized carbons (Fsp3) is 0.417. The summed E-state index contributed by atoms with van der Waals surface area (Å²) < 4.78 is 0. The van der Waals surface area contributed by atoms with Crippen molar-refractivity contribution >= 4 is 18.0 Å². The number of amides is 1. The van der Waals surface area contributed by atoms with E-state index < -0.39 is 5.41 Å². The highest BCUT2D eigenvalue weighted by Gasteiger charge is 2.22. The van der Waals surface area contributed by atoms with Crippen molar-refractivity contribution < 1.29 is 9.59 Å². The number of nitrogens with zero attached hydrogens (tertiary/aromatic N) is 1. The van der Waals surface area contributed by atoms with Crippen LogP contribution in [0.1, 0.15) is 36.8 Å². The lowest BCUT2D eigenvalue weighted by Crippen LogP contribution is -2.28. The molecule has 0 aliphatic carbocycles. The van der Waals surface area contributed by atoms with Crippen LogP contribution in [0.3, 0.4) is 0 Å². The van der Waals surface area contributed by atoms with Crippen LogP contribution in [0, 0.1) is 12.3 Å². The van der Waals surface area contributed by atoms with Crippen LogP contribution >= 0.6 is 0 Å². The topological polar surface area (TPSA) is 59.1 Å². The zero-order valence-corrected chi connectivity index (χ0v) is 10.00. The molecule has 1 heterocycles. The maximum Gasteiger partial charge on any atom is 0.230 e. The molecule has 4 nitrogen and oxygen atoms in total. The summed E-state index contributed by atoms with van der Waals surface area (Å²) >= 11 is 0. The van der Waals surface area contributed by atoms with Crippen LogP contribution in [0.15, 0.2) is 12.1 Å². The quantitative estimate of drug-likeness (QED) is 0.777. The zero-order valence-electron chi connectivity index (χ0n) is 10.00. The fourth-order valence-electron chi connectivity index (χ4n) is 1.06. The van der Waals surface area contributed by atoms with Crippen LogP contribution in [0.5, 0.6) is 0 Å². The number of aromatic nitrogens is 1.